The van der Waals surface area contributed by atoms with Crippen molar-refractivity contribution in [3.05, 3.63) is 0 Å². The second-order valence-electron chi connectivity index (χ2n) is 8.50. The van der Waals surface area contributed by atoms with Crippen LogP contribution in [0.2, 0.25) is 0 Å². The Morgan fingerprint density at radius 2 is 1.64 bits per heavy atom. The maximum Gasteiger partial charge on any atom is 0.234 e. The molecule has 1 amide bonds. The van der Waals surface area contributed by atoms with Gasteiger partial charge in [-0.15, -0.1) is 0 Å². The maximum atomic E-state index is 12.0. The number of carbonyl (C=O) groups excluding carboxylic acids is 1. The van der Waals surface area contributed by atoms with Crippen LogP contribution >= 0.6 is 0 Å². The molecule has 7 heteroatoms. The standard InChI is InChI=1S/C21H44N6O/c1-8-22-21(23-10-9-11-27(18(4)5)19(6)7)26-14-12-25(13-15-26)16-20(28)24-17(2)3/h17-19H,8-16H2,1-7H3,(H,22,23)(H,24,28). The van der Waals surface area contributed by atoms with Crippen molar-refractivity contribution in [1.82, 2.24) is 25.3 Å². The molecule has 0 aliphatic carbocycles. The summed E-state index contributed by atoms with van der Waals surface area (Å²) >= 11 is 0. The number of hydrogen-bond acceptors (Lipinski definition) is 4. The molecule has 1 heterocycles. The molecule has 0 atom stereocenters. The van der Waals surface area contributed by atoms with Crippen molar-refractivity contribution in [3.63, 3.8) is 0 Å². The van der Waals surface area contributed by atoms with Crippen molar-refractivity contribution in [2.75, 3.05) is 52.4 Å². The summed E-state index contributed by atoms with van der Waals surface area (Å²) in [5, 5.41) is 6.40. The Labute approximate surface area is 172 Å². The van der Waals surface area contributed by atoms with Crippen LogP contribution in [0.1, 0.15) is 54.9 Å². The first-order chi connectivity index (χ1) is 13.2. The number of nitrogens with zero attached hydrogens (tertiary/aromatic N) is 4. The van der Waals surface area contributed by atoms with Crippen molar-refractivity contribution in [3.8, 4) is 0 Å². The van der Waals surface area contributed by atoms with Crippen LogP contribution in [0.15, 0.2) is 4.99 Å². The van der Waals surface area contributed by atoms with E-state index in [1.54, 1.807) is 0 Å². The summed E-state index contributed by atoms with van der Waals surface area (Å²) in [5.41, 5.74) is 0. The van der Waals surface area contributed by atoms with Gasteiger partial charge in [0.15, 0.2) is 5.96 Å². The lowest BCUT2D eigenvalue weighted by Gasteiger charge is -2.36. The monoisotopic (exact) mass is 396 g/mol. The van der Waals surface area contributed by atoms with Gasteiger partial charge in [0.1, 0.15) is 0 Å². The van der Waals surface area contributed by atoms with E-state index in [1.807, 2.05) is 13.8 Å². The second kappa shape index (κ2) is 13.0. The molecular formula is C21H44N6O. The van der Waals surface area contributed by atoms with Crippen LogP contribution in [-0.4, -0.2) is 97.1 Å². The van der Waals surface area contributed by atoms with Crippen LogP contribution in [0, 0.1) is 0 Å². The van der Waals surface area contributed by atoms with Gasteiger partial charge in [-0.05, 0) is 54.9 Å². The fraction of sp³-hybridized carbons (Fsp3) is 0.905. The minimum atomic E-state index is 0.115. The van der Waals surface area contributed by atoms with Crippen LogP contribution in [-0.2, 0) is 4.79 Å². The Kier molecular flexibility index (Phi) is 11.5. The molecular weight excluding hydrogens is 352 g/mol. The van der Waals surface area contributed by atoms with Gasteiger partial charge in [0.05, 0.1) is 6.54 Å². The van der Waals surface area contributed by atoms with Gasteiger partial charge in [-0.2, -0.15) is 0 Å². The third-order valence-electron chi connectivity index (χ3n) is 4.99. The van der Waals surface area contributed by atoms with Crippen molar-refractivity contribution >= 4 is 11.9 Å². The minimum absolute atomic E-state index is 0.115. The second-order valence-corrected chi connectivity index (χ2v) is 8.50. The fourth-order valence-electron chi connectivity index (χ4n) is 3.67. The molecule has 1 aliphatic heterocycles. The lowest BCUT2D eigenvalue weighted by atomic mass is 10.2. The molecule has 0 bridgehead atoms. The van der Waals surface area contributed by atoms with Gasteiger partial charge in [-0.3, -0.25) is 19.6 Å². The molecule has 0 radical (unpaired) electrons. The summed E-state index contributed by atoms with van der Waals surface area (Å²) < 4.78 is 0. The molecule has 0 aromatic rings. The van der Waals surface area contributed by atoms with Gasteiger partial charge in [-0.1, -0.05) is 0 Å². The summed E-state index contributed by atoms with van der Waals surface area (Å²) in [4.78, 5) is 23.9. The molecule has 0 saturated carbocycles. The number of hydrogen-bond donors (Lipinski definition) is 2. The number of nitrogens with one attached hydrogen (secondary N) is 2. The largest absolute Gasteiger partial charge is 0.357 e. The topological polar surface area (TPSA) is 63.2 Å². The smallest absolute Gasteiger partial charge is 0.234 e. The molecule has 0 aromatic carbocycles. The fourth-order valence-corrected chi connectivity index (χ4v) is 3.67. The van der Waals surface area contributed by atoms with E-state index < -0.39 is 0 Å². The summed E-state index contributed by atoms with van der Waals surface area (Å²) in [6.07, 6.45) is 1.07. The molecule has 1 saturated heterocycles. The van der Waals surface area contributed by atoms with Gasteiger partial charge in [0.2, 0.25) is 5.91 Å². The normalized spacial score (nSPS) is 16.5. The number of rotatable bonds is 10. The van der Waals surface area contributed by atoms with Gasteiger partial charge in [0.25, 0.3) is 0 Å². The van der Waals surface area contributed by atoms with E-state index in [4.69, 9.17) is 4.99 Å². The molecule has 1 rings (SSSR count). The first kappa shape index (κ1) is 24.7. The highest BCUT2D eigenvalue weighted by Crippen LogP contribution is 2.06. The number of aliphatic imine (C=N–C) groups is 1. The first-order valence-electron chi connectivity index (χ1n) is 11.0. The van der Waals surface area contributed by atoms with Crippen molar-refractivity contribution < 1.29 is 4.79 Å². The quantitative estimate of drug-likeness (QED) is 0.334. The predicted molar refractivity (Wildman–Crippen MR) is 119 cm³/mol. The van der Waals surface area contributed by atoms with Crippen LogP contribution < -0.4 is 10.6 Å². The van der Waals surface area contributed by atoms with Crippen LogP contribution in [0.5, 0.6) is 0 Å². The molecule has 7 nitrogen and oxygen atoms in total. The highest BCUT2D eigenvalue weighted by Gasteiger charge is 2.21. The van der Waals surface area contributed by atoms with E-state index in [1.165, 1.54) is 0 Å². The number of carbonyl (C=O) groups is 1. The van der Waals surface area contributed by atoms with Gasteiger partial charge in [0, 0.05) is 63.9 Å². The Morgan fingerprint density at radius 1 is 1.04 bits per heavy atom. The maximum absolute atomic E-state index is 12.0. The zero-order valence-electron chi connectivity index (χ0n) is 19.3. The Hall–Kier alpha value is -1.34. The molecule has 2 N–H and O–H groups in total. The van der Waals surface area contributed by atoms with E-state index in [-0.39, 0.29) is 11.9 Å². The summed E-state index contributed by atoms with van der Waals surface area (Å²) in [6, 6.07) is 1.33. The number of amides is 1. The Balaban J connectivity index is 2.47. The minimum Gasteiger partial charge on any atom is -0.357 e. The SMILES string of the molecule is CCNC(=NCCCN(C(C)C)C(C)C)N1CCN(CC(=O)NC(C)C)CC1. The molecule has 0 spiro atoms. The van der Waals surface area contributed by atoms with E-state index in [2.05, 4.69) is 60.0 Å². The molecule has 1 fully saturated rings. The zero-order valence-corrected chi connectivity index (χ0v) is 19.3. The van der Waals surface area contributed by atoms with Crippen molar-refractivity contribution in [1.29, 1.82) is 0 Å². The van der Waals surface area contributed by atoms with Gasteiger partial charge >= 0.3 is 0 Å². The Bertz CT molecular complexity index is 462. The predicted octanol–water partition coefficient (Wildman–Crippen LogP) is 1.60. The van der Waals surface area contributed by atoms with Gasteiger partial charge in [-0.25, -0.2) is 0 Å². The van der Waals surface area contributed by atoms with E-state index in [0.717, 1.165) is 58.2 Å². The highest BCUT2D eigenvalue weighted by molar-refractivity contribution is 5.80. The van der Waals surface area contributed by atoms with Crippen LogP contribution in [0.4, 0.5) is 0 Å². The van der Waals surface area contributed by atoms with E-state index >= 15 is 0 Å². The van der Waals surface area contributed by atoms with Crippen LogP contribution in [0.25, 0.3) is 0 Å². The average Bonchev–Trinajstić information content (AvgIpc) is 2.60. The summed E-state index contributed by atoms with van der Waals surface area (Å²) in [7, 11) is 0. The van der Waals surface area contributed by atoms with Crippen LogP contribution in [0.3, 0.4) is 0 Å². The van der Waals surface area contributed by atoms with Gasteiger partial charge < -0.3 is 15.5 Å². The third kappa shape index (κ3) is 9.24. The summed E-state index contributed by atoms with van der Waals surface area (Å²) in [6.45, 7) is 22.0. The lowest BCUT2D eigenvalue weighted by Crippen LogP contribution is -2.54. The third-order valence-corrected chi connectivity index (χ3v) is 4.99. The molecule has 0 unspecified atom stereocenters. The lowest BCUT2D eigenvalue weighted by molar-refractivity contribution is -0.123. The summed E-state index contributed by atoms with van der Waals surface area (Å²) in [5.74, 6) is 1.12. The highest BCUT2D eigenvalue weighted by atomic mass is 16.2. The zero-order chi connectivity index (χ0) is 21.1. The molecule has 1 aliphatic rings. The Morgan fingerprint density at radius 3 is 2.14 bits per heavy atom. The molecule has 28 heavy (non-hydrogen) atoms. The molecule has 164 valence electrons. The van der Waals surface area contributed by atoms with Crippen molar-refractivity contribution in [2.45, 2.75) is 73.0 Å². The average molecular weight is 397 g/mol. The first-order valence-corrected chi connectivity index (χ1v) is 11.0. The van der Waals surface area contributed by atoms with Crippen molar-refractivity contribution in [2.24, 2.45) is 4.99 Å². The molecule has 0 aromatic heterocycles. The van der Waals surface area contributed by atoms with E-state index in [9.17, 15) is 4.79 Å². The number of piperazine rings is 1. The van der Waals surface area contributed by atoms with E-state index in [0.29, 0.717) is 18.6 Å². The number of guanidine groups is 1.